The van der Waals surface area contributed by atoms with Crippen LogP contribution in [0.3, 0.4) is 0 Å². The molecule has 2 aromatic carbocycles. The maximum absolute atomic E-state index is 12.7. The lowest BCUT2D eigenvalue weighted by Crippen LogP contribution is -2.27. The Hall–Kier alpha value is -3.95. The highest BCUT2D eigenvalue weighted by molar-refractivity contribution is 5.93. The van der Waals surface area contributed by atoms with E-state index in [1.54, 1.807) is 24.3 Å². The number of hydrogen-bond acceptors (Lipinski definition) is 4. The normalized spacial score (nSPS) is 11.1. The molecule has 0 atom stereocenters. The van der Waals surface area contributed by atoms with Crippen LogP contribution in [0.2, 0.25) is 0 Å². The number of anilines is 2. The topological polar surface area (TPSA) is 93.1 Å². The van der Waals surface area contributed by atoms with Gasteiger partial charge in [-0.3, -0.25) is 19.0 Å². The predicted molar refractivity (Wildman–Crippen MR) is 108 cm³/mol. The van der Waals surface area contributed by atoms with Crippen molar-refractivity contribution in [3.8, 4) is 11.3 Å². The molecule has 1 aromatic heterocycles. The molecule has 2 amide bonds. The van der Waals surface area contributed by atoms with E-state index in [-0.39, 0.29) is 18.1 Å². The van der Waals surface area contributed by atoms with Crippen LogP contribution in [0.15, 0.2) is 65.7 Å². The van der Waals surface area contributed by atoms with Gasteiger partial charge in [-0.2, -0.15) is 13.2 Å². The fraction of sp³-hybridized carbons (Fsp3) is 0.143. The van der Waals surface area contributed by atoms with Crippen molar-refractivity contribution in [1.82, 2.24) is 9.55 Å². The summed E-state index contributed by atoms with van der Waals surface area (Å²) in [5.74, 6) is -0.750. The number of alkyl halides is 3. The zero-order chi connectivity index (χ0) is 22.6. The van der Waals surface area contributed by atoms with Crippen molar-refractivity contribution in [3.63, 3.8) is 0 Å². The molecule has 3 aromatic rings. The Bertz CT molecular complexity index is 1170. The Kier molecular flexibility index (Phi) is 6.19. The second-order valence-corrected chi connectivity index (χ2v) is 6.63. The molecule has 3 rings (SSSR count). The molecule has 0 fully saturated rings. The highest BCUT2D eigenvalue weighted by Crippen LogP contribution is 2.30. The van der Waals surface area contributed by atoms with Gasteiger partial charge in [0.25, 0.3) is 5.56 Å². The zero-order valence-electron chi connectivity index (χ0n) is 16.2. The van der Waals surface area contributed by atoms with Crippen LogP contribution in [-0.4, -0.2) is 21.4 Å². The molecule has 0 saturated heterocycles. The molecule has 0 spiro atoms. The average Bonchev–Trinajstić information content (AvgIpc) is 2.69. The quantitative estimate of drug-likeness (QED) is 0.648. The molecule has 10 heteroatoms. The number of halogens is 3. The Balaban J connectivity index is 1.70. The lowest BCUT2D eigenvalue weighted by Gasteiger charge is -2.10. The van der Waals surface area contributed by atoms with E-state index < -0.39 is 23.2 Å². The summed E-state index contributed by atoms with van der Waals surface area (Å²) in [7, 11) is 0. The molecule has 0 radical (unpaired) electrons. The third-order valence-electron chi connectivity index (χ3n) is 4.17. The maximum atomic E-state index is 12.7. The van der Waals surface area contributed by atoms with E-state index in [0.29, 0.717) is 16.9 Å². The van der Waals surface area contributed by atoms with Gasteiger partial charge in [-0.25, -0.2) is 4.98 Å². The maximum Gasteiger partial charge on any atom is 0.416 e. The molecule has 31 heavy (non-hydrogen) atoms. The molecule has 0 aliphatic carbocycles. The molecule has 0 unspecified atom stereocenters. The lowest BCUT2D eigenvalue weighted by molar-refractivity contribution is -0.137. The Morgan fingerprint density at radius 2 is 1.65 bits per heavy atom. The SMILES string of the molecule is CC(=O)Nc1cccc(NC(=O)Cn2cnc(-c3ccc(C(F)(F)F)cc3)cc2=O)c1. The first-order valence-electron chi connectivity index (χ1n) is 9.03. The molecule has 0 saturated carbocycles. The summed E-state index contributed by atoms with van der Waals surface area (Å²) in [6.45, 7) is 1.04. The number of nitrogens with one attached hydrogen (secondary N) is 2. The van der Waals surface area contributed by atoms with Gasteiger partial charge in [-0.05, 0) is 30.3 Å². The standard InChI is InChI=1S/C21H17F3N4O3/c1-13(29)26-16-3-2-4-17(9-16)27-19(30)11-28-12-25-18(10-20(28)31)14-5-7-15(8-6-14)21(22,23)24/h2-10,12H,11H2,1H3,(H,26,29)(H,27,30). The van der Waals surface area contributed by atoms with Crippen LogP contribution in [0.5, 0.6) is 0 Å². The van der Waals surface area contributed by atoms with Crippen LogP contribution in [0.4, 0.5) is 24.5 Å². The zero-order valence-corrected chi connectivity index (χ0v) is 16.2. The monoisotopic (exact) mass is 430 g/mol. The fourth-order valence-electron chi connectivity index (χ4n) is 2.77. The summed E-state index contributed by atoms with van der Waals surface area (Å²) in [4.78, 5) is 39.8. The van der Waals surface area contributed by atoms with Gasteiger partial charge in [0.2, 0.25) is 11.8 Å². The smallest absolute Gasteiger partial charge is 0.326 e. The largest absolute Gasteiger partial charge is 0.416 e. The number of hydrogen-bond donors (Lipinski definition) is 2. The van der Waals surface area contributed by atoms with Gasteiger partial charge in [-0.15, -0.1) is 0 Å². The van der Waals surface area contributed by atoms with Crippen LogP contribution in [0.1, 0.15) is 12.5 Å². The van der Waals surface area contributed by atoms with Crippen molar-refractivity contribution in [2.75, 3.05) is 10.6 Å². The highest BCUT2D eigenvalue weighted by atomic mass is 19.4. The first-order valence-corrected chi connectivity index (χ1v) is 9.03. The van der Waals surface area contributed by atoms with E-state index in [1.165, 1.54) is 19.1 Å². The van der Waals surface area contributed by atoms with Gasteiger partial charge >= 0.3 is 6.18 Å². The van der Waals surface area contributed by atoms with Crippen molar-refractivity contribution < 1.29 is 22.8 Å². The number of amides is 2. The third kappa shape index (κ3) is 5.78. The van der Waals surface area contributed by atoms with Crippen molar-refractivity contribution in [2.24, 2.45) is 0 Å². The van der Waals surface area contributed by atoms with Gasteiger partial charge in [0, 0.05) is 29.9 Å². The second-order valence-electron chi connectivity index (χ2n) is 6.63. The van der Waals surface area contributed by atoms with Gasteiger partial charge in [0.15, 0.2) is 0 Å². The molecule has 0 aliphatic heterocycles. The van der Waals surface area contributed by atoms with Gasteiger partial charge in [0.1, 0.15) is 6.54 Å². The third-order valence-corrected chi connectivity index (χ3v) is 4.17. The average molecular weight is 430 g/mol. The minimum atomic E-state index is -4.45. The number of carbonyl (C=O) groups excluding carboxylic acids is 2. The highest BCUT2D eigenvalue weighted by Gasteiger charge is 2.30. The van der Waals surface area contributed by atoms with E-state index in [9.17, 15) is 27.6 Å². The number of benzene rings is 2. The van der Waals surface area contributed by atoms with Crippen molar-refractivity contribution in [3.05, 3.63) is 76.8 Å². The van der Waals surface area contributed by atoms with E-state index in [4.69, 9.17) is 0 Å². The first kappa shape index (κ1) is 21.8. The summed E-state index contributed by atoms with van der Waals surface area (Å²) in [6.07, 6.45) is -3.30. The molecular formula is C21H17F3N4O3. The van der Waals surface area contributed by atoms with E-state index >= 15 is 0 Å². The number of carbonyl (C=O) groups is 2. The molecule has 160 valence electrons. The second kappa shape index (κ2) is 8.82. The first-order chi connectivity index (χ1) is 14.6. The molecule has 2 N–H and O–H groups in total. The van der Waals surface area contributed by atoms with Crippen LogP contribution in [-0.2, 0) is 22.3 Å². The number of nitrogens with zero attached hydrogens (tertiary/aromatic N) is 2. The molecule has 0 bridgehead atoms. The summed E-state index contributed by atoms with van der Waals surface area (Å²) in [6, 6.07) is 11.9. The van der Waals surface area contributed by atoms with Crippen LogP contribution >= 0.6 is 0 Å². The van der Waals surface area contributed by atoms with Gasteiger partial charge in [-0.1, -0.05) is 18.2 Å². The summed E-state index contributed by atoms with van der Waals surface area (Å²) < 4.78 is 39.1. The van der Waals surface area contributed by atoms with E-state index in [0.717, 1.165) is 29.1 Å². The summed E-state index contributed by atoms with van der Waals surface area (Å²) in [5.41, 5.74) is 0.134. The van der Waals surface area contributed by atoms with Crippen LogP contribution in [0, 0.1) is 0 Å². The van der Waals surface area contributed by atoms with Gasteiger partial charge < -0.3 is 10.6 Å². The number of aromatic nitrogens is 2. The van der Waals surface area contributed by atoms with Crippen molar-refractivity contribution in [2.45, 2.75) is 19.6 Å². The minimum Gasteiger partial charge on any atom is -0.326 e. The predicted octanol–water partition coefficient (Wildman–Crippen LogP) is 3.53. The molecular weight excluding hydrogens is 413 g/mol. The van der Waals surface area contributed by atoms with Crippen LogP contribution in [0.25, 0.3) is 11.3 Å². The Labute approximate surface area is 174 Å². The van der Waals surface area contributed by atoms with Crippen molar-refractivity contribution >= 4 is 23.2 Å². The summed E-state index contributed by atoms with van der Waals surface area (Å²) >= 11 is 0. The summed E-state index contributed by atoms with van der Waals surface area (Å²) in [5, 5.41) is 5.21. The Morgan fingerprint density at radius 3 is 2.23 bits per heavy atom. The molecule has 1 heterocycles. The fourth-order valence-corrected chi connectivity index (χ4v) is 2.77. The van der Waals surface area contributed by atoms with Crippen molar-refractivity contribution in [1.29, 1.82) is 0 Å². The van der Waals surface area contributed by atoms with E-state index in [1.807, 2.05) is 0 Å². The van der Waals surface area contributed by atoms with Crippen LogP contribution < -0.4 is 16.2 Å². The van der Waals surface area contributed by atoms with E-state index in [2.05, 4.69) is 15.6 Å². The lowest BCUT2D eigenvalue weighted by atomic mass is 10.1. The number of rotatable bonds is 5. The minimum absolute atomic E-state index is 0.193. The van der Waals surface area contributed by atoms with Gasteiger partial charge in [0.05, 0.1) is 17.6 Å². The molecule has 0 aliphatic rings. The Morgan fingerprint density at radius 1 is 1.00 bits per heavy atom. The molecule has 7 nitrogen and oxygen atoms in total.